The molecule has 3 N–H and O–H groups in total. The Kier molecular flexibility index (Phi) is 11.1. The number of nitrogens with zero attached hydrogens (tertiary/aromatic N) is 2. The summed E-state index contributed by atoms with van der Waals surface area (Å²) in [4.78, 5) is 30.2. The van der Waals surface area contributed by atoms with Crippen LogP contribution in [-0.4, -0.2) is 49.9 Å². The fourth-order valence-corrected chi connectivity index (χ4v) is 2.58. The summed E-state index contributed by atoms with van der Waals surface area (Å²) in [6.07, 6.45) is 5.38. The number of terminal acetylenes is 1. The van der Waals surface area contributed by atoms with Gasteiger partial charge in [-0.3, -0.25) is 9.59 Å². The highest BCUT2D eigenvalue weighted by Gasteiger charge is 2.08. The van der Waals surface area contributed by atoms with Gasteiger partial charge >= 0.3 is 0 Å². The summed E-state index contributed by atoms with van der Waals surface area (Å²) < 4.78 is 0. The number of hydrogen-bond acceptors (Lipinski definition) is 3. The lowest BCUT2D eigenvalue weighted by Gasteiger charge is -2.12. The second-order valence-electron chi connectivity index (χ2n) is 6.72. The normalized spacial score (nSPS) is 10.3. The maximum absolute atomic E-state index is 12.2. The van der Waals surface area contributed by atoms with Crippen LogP contribution in [0.1, 0.15) is 28.4 Å². The van der Waals surface area contributed by atoms with Crippen LogP contribution in [0.3, 0.4) is 0 Å². The van der Waals surface area contributed by atoms with Crippen LogP contribution in [0.4, 0.5) is 5.69 Å². The molecule has 0 spiro atoms. The van der Waals surface area contributed by atoms with Crippen molar-refractivity contribution in [3.63, 3.8) is 0 Å². The van der Waals surface area contributed by atoms with Crippen molar-refractivity contribution in [1.29, 1.82) is 0 Å². The molecule has 7 nitrogen and oxygen atoms in total. The van der Waals surface area contributed by atoms with Crippen molar-refractivity contribution in [3.8, 4) is 12.3 Å². The third-order valence-corrected chi connectivity index (χ3v) is 4.10. The monoisotopic (exact) mass is 533 g/mol. The molecule has 31 heavy (non-hydrogen) atoms. The molecule has 0 aliphatic heterocycles. The van der Waals surface area contributed by atoms with E-state index in [9.17, 15) is 9.59 Å². The summed E-state index contributed by atoms with van der Waals surface area (Å²) in [5.74, 6) is 2.81. The summed E-state index contributed by atoms with van der Waals surface area (Å²) in [5, 5.41) is 8.91. The minimum atomic E-state index is -0.207. The number of nitrogens with one attached hydrogen (secondary N) is 3. The van der Waals surface area contributed by atoms with Gasteiger partial charge in [-0.05, 0) is 42.8 Å². The SMILES string of the molecule is C#Cc1cccc(NC(=O)CNC(=NCc2ccc(C(=O)N(C)C)cc2)NCC)c1.I. The molecule has 2 rings (SSSR count). The number of anilines is 1. The van der Waals surface area contributed by atoms with E-state index in [4.69, 9.17) is 6.42 Å². The largest absolute Gasteiger partial charge is 0.357 e. The Morgan fingerprint density at radius 2 is 1.81 bits per heavy atom. The van der Waals surface area contributed by atoms with Crippen LogP contribution >= 0.6 is 24.0 Å². The van der Waals surface area contributed by atoms with E-state index in [1.165, 1.54) is 4.90 Å². The first kappa shape index (κ1) is 26.0. The summed E-state index contributed by atoms with van der Waals surface area (Å²) >= 11 is 0. The number of carbonyl (C=O) groups is 2. The zero-order chi connectivity index (χ0) is 21.9. The van der Waals surface area contributed by atoms with Crippen LogP contribution in [0.15, 0.2) is 53.5 Å². The number of halogens is 1. The van der Waals surface area contributed by atoms with Crippen LogP contribution in [0.5, 0.6) is 0 Å². The Labute approximate surface area is 200 Å². The van der Waals surface area contributed by atoms with E-state index in [2.05, 4.69) is 26.9 Å². The van der Waals surface area contributed by atoms with Crippen molar-refractivity contribution in [2.24, 2.45) is 4.99 Å². The molecule has 0 radical (unpaired) electrons. The van der Waals surface area contributed by atoms with Gasteiger partial charge in [-0.2, -0.15) is 0 Å². The lowest BCUT2D eigenvalue weighted by atomic mass is 10.1. The van der Waals surface area contributed by atoms with E-state index in [-0.39, 0.29) is 42.3 Å². The van der Waals surface area contributed by atoms with Crippen molar-refractivity contribution in [1.82, 2.24) is 15.5 Å². The number of guanidine groups is 1. The molecule has 2 aromatic rings. The highest BCUT2D eigenvalue weighted by Crippen LogP contribution is 2.09. The average Bonchev–Trinajstić information content (AvgIpc) is 2.75. The molecule has 2 aromatic carbocycles. The van der Waals surface area contributed by atoms with Crippen molar-refractivity contribution in [3.05, 3.63) is 65.2 Å². The Bertz CT molecular complexity index is 949. The molecule has 0 heterocycles. The Morgan fingerprint density at radius 3 is 2.42 bits per heavy atom. The minimum absolute atomic E-state index is 0. The minimum Gasteiger partial charge on any atom is -0.357 e. The fourth-order valence-electron chi connectivity index (χ4n) is 2.58. The Hall–Kier alpha value is -3.06. The van der Waals surface area contributed by atoms with Gasteiger partial charge in [0.25, 0.3) is 5.91 Å². The zero-order valence-electron chi connectivity index (χ0n) is 17.9. The van der Waals surface area contributed by atoms with Crippen molar-refractivity contribution in [2.75, 3.05) is 32.5 Å². The first-order valence-electron chi connectivity index (χ1n) is 9.62. The van der Waals surface area contributed by atoms with E-state index in [1.807, 2.05) is 19.1 Å². The summed E-state index contributed by atoms with van der Waals surface area (Å²) in [6.45, 7) is 3.08. The molecular weight excluding hydrogens is 505 g/mol. The van der Waals surface area contributed by atoms with E-state index in [0.29, 0.717) is 35.9 Å². The molecule has 0 aliphatic carbocycles. The van der Waals surface area contributed by atoms with Crippen LogP contribution in [0.2, 0.25) is 0 Å². The molecule has 2 amide bonds. The maximum Gasteiger partial charge on any atom is 0.253 e. The molecule has 0 fully saturated rings. The van der Waals surface area contributed by atoms with Gasteiger partial charge in [-0.15, -0.1) is 30.4 Å². The standard InChI is InChI=1S/C23H27N5O2.HI/c1-5-17-8-7-9-20(14-17)27-21(29)16-26-23(24-6-2)25-15-18-10-12-19(13-11-18)22(30)28(3)4;/h1,7-14H,6,15-16H2,2-4H3,(H,27,29)(H2,24,25,26);1H. The Morgan fingerprint density at radius 1 is 1.10 bits per heavy atom. The van der Waals surface area contributed by atoms with Crippen LogP contribution in [0.25, 0.3) is 0 Å². The van der Waals surface area contributed by atoms with Gasteiger partial charge in [-0.25, -0.2) is 4.99 Å². The molecule has 8 heteroatoms. The van der Waals surface area contributed by atoms with Gasteiger partial charge in [0, 0.05) is 37.5 Å². The van der Waals surface area contributed by atoms with Crippen LogP contribution in [0, 0.1) is 12.3 Å². The Balaban J connectivity index is 0.00000480. The first-order chi connectivity index (χ1) is 14.4. The number of benzene rings is 2. The molecule has 0 aromatic heterocycles. The highest BCUT2D eigenvalue weighted by atomic mass is 127. The summed E-state index contributed by atoms with van der Waals surface area (Å²) in [5.41, 5.74) is 2.93. The highest BCUT2D eigenvalue weighted by molar-refractivity contribution is 14.0. The average molecular weight is 533 g/mol. The summed E-state index contributed by atoms with van der Waals surface area (Å²) in [6, 6.07) is 14.4. The van der Waals surface area contributed by atoms with Gasteiger partial charge in [0.05, 0.1) is 13.1 Å². The molecular formula is C23H28IN5O2. The number of rotatable bonds is 7. The zero-order valence-corrected chi connectivity index (χ0v) is 20.3. The number of hydrogen-bond donors (Lipinski definition) is 3. The molecule has 0 aliphatic rings. The van der Waals surface area contributed by atoms with E-state index < -0.39 is 0 Å². The lowest BCUT2D eigenvalue weighted by molar-refractivity contribution is -0.115. The van der Waals surface area contributed by atoms with E-state index >= 15 is 0 Å². The van der Waals surface area contributed by atoms with Crippen molar-refractivity contribution in [2.45, 2.75) is 13.5 Å². The molecule has 0 bridgehead atoms. The second kappa shape index (κ2) is 13.3. The van der Waals surface area contributed by atoms with Crippen LogP contribution < -0.4 is 16.0 Å². The van der Waals surface area contributed by atoms with Gasteiger partial charge in [0.2, 0.25) is 5.91 Å². The van der Waals surface area contributed by atoms with Gasteiger partial charge < -0.3 is 20.9 Å². The van der Waals surface area contributed by atoms with Crippen molar-refractivity contribution >= 4 is 47.4 Å². The van der Waals surface area contributed by atoms with Crippen LogP contribution in [-0.2, 0) is 11.3 Å². The fraction of sp³-hybridized carbons (Fsp3) is 0.261. The molecule has 164 valence electrons. The number of amides is 2. The van der Waals surface area contributed by atoms with E-state index in [1.54, 1.807) is 50.5 Å². The smallest absolute Gasteiger partial charge is 0.253 e. The maximum atomic E-state index is 12.2. The lowest BCUT2D eigenvalue weighted by Crippen LogP contribution is -2.41. The topological polar surface area (TPSA) is 85.8 Å². The molecule has 0 saturated carbocycles. The second-order valence-corrected chi connectivity index (χ2v) is 6.72. The van der Waals surface area contributed by atoms with Gasteiger partial charge in [-0.1, -0.05) is 24.1 Å². The van der Waals surface area contributed by atoms with Gasteiger partial charge in [0.15, 0.2) is 5.96 Å². The first-order valence-corrected chi connectivity index (χ1v) is 9.62. The van der Waals surface area contributed by atoms with E-state index in [0.717, 1.165) is 5.56 Å². The van der Waals surface area contributed by atoms with Gasteiger partial charge in [0.1, 0.15) is 0 Å². The summed E-state index contributed by atoms with van der Waals surface area (Å²) in [7, 11) is 3.44. The third kappa shape index (κ3) is 8.68. The molecule has 0 saturated heterocycles. The quantitative estimate of drug-likeness (QED) is 0.221. The third-order valence-electron chi connectivity index (χ3n) is 4.10. The number of carbonyl (C=O) groups excluding carboxylic acids is 2. The predicted octanol–water partition coefficient (Wildman–Crippen LogP) is 2.68. The number of aliphatic imine (C=N–C) groups is 1. The van der Waals surface area contributed by atoms with Crippen molar-refractivity contribution < 1.29 is 9.59 Å². The molecule has 0 atom stereocenters. The predicted molar refractivity (Wildman–Crippen MR) is 136 cm³/mol. The molecule has 0 unspecified atom stereocenters.